The molecule has 1 aromatic carbocycles. The van der Waals surface area contributed by atoms with Crippen molar-refractivity contribution in [2.24, 2.45) is 11.7 Å². The van der Waals surface area contributed by atoms with Crippen molar-refractivity contribution in [3.05, 3.63) is 35.1 Å². The van der Waals surface area contributed by atoms with E-state index in [1.165, 1.54) is 5.56 Å². The number of hydrogen-bond acceptors (Lipinski definition) is 2. The van der Waals surface area contributed by atoms with Crippen molar-refractivity contribution < 1.29 is 4.39 Å². The van der Waals surface area contributed by atoms with Gasteiger partial charge in [-0.1, -0.05) is 19.1 Å². The lowest BCUT2D eigenvalue weighted by Gasteiger charge is -2.34. The topological polar surface area (TPSA) is 29.3 Å². The summed E-state index contributed by atoms with van der Waals surface area (Å²) < 4.78 is 13.2. The van der Waals surface area contributed by atoms with Gasteiger partial charge in [0.1, 0.15) is 5.82 Å². The molecule has 94 valence electrons. The lowest BCUT2D eigenvalue weighted by atomic mass is 9.96. The zero-order valence-corrected chi connectivity index (χ0v) is 10.6. The van der Waals surface area contributed by atoms with Crippen molar-refractivity contribution in [3.8, 4) is 0 Å². The van der Waals surface area contributed by atoms with E-state index in [9.17, 15) is 4.39 Å². The average molecular weight is 236 g/mol. The largest absolute Gasteiger partial charge is 0.327 e. The zero-order valence-electron chi connectivity index (χ0n) is 10.6. The molecule has 2 nitrogen and oxygen atoms in total. The van der Waals surface area contributed by atoms with Crippen molar-refractivity contribution in [2.45, 2.75) is 32.9 Å². The van der Waals surface area contributed by atoms with Crippen molar-refractivity contribution in [1.29, 1.82) is 0 Å². The number of aryl methyl sites for hydroxylation is 1. The summed E-state index contributed by atoms with van der Waals surface area (Å²) in [7, 11) is 0. The Kier molecular flexibility index (Phi) is 3.79. The molecule has 3 heteroatoms. The highest BCUT2D eigenvalue weighted by Crippen LogP contribution is 2.18. The summed E-state index contributed by atoms with van der Waals surface area (Å²) in [5.41, 5.74) is 7.91. The molecule has 1 heterocycles. The first-order chi connectivity index (χ1) is 8.04. The second-order valence-electron chi connectivity index (χ2n) is 5.38. The summed E-state index contributed by atoms with van der Waals surface area (Å²) >= 11 is 0. The van der Waals surface area contributed by atoms with E-state index in [1.54, 1.807) is 6.07 Å². The fraction of sp³-hybridized carbons (Fsp3) is 0.571. The van der Waals surface area contributed by atoms with Crippen LogP contribution in [0.25, 0.3) is 0 Å². The van der Waals surface area contributed by atoms with Gasteiger partial charge in [0.25, 0.3) is 0 Å². The molecule has 17 heavy (non-hydrogen) atoms. The molecule has 0 saturated carbocycles. The lowest BCUT2D eigenvalue weighted by molar-refractivity contribution is 0.158. The summed E-state index contributed by atoms with van der Waals surface area (Å²) in [6.07, 6.45) is 1.11. The summed E-state index contributed by atoms with van der Waals surface area (Å²) in [5.74, 6) is 0.526. The van der Waals surface area contributed by atoms with Gasteiger partial charge in [-0.2, -0.15) is 0 Å². The minimum atomic E-state index is -0.127. The van der Waals surface area contributed by atoms with Gasteiger partial charge in [0.2, 0.25) is 0 Å². The third-order valence-corrected chi connectivity index (χ3v) is 3.40. The Bertz CT molecular complexity index is 382. The number of hydrogen-bond donors (Lipinski definition) is 1. The molecule has 1 aliphatic rings. The Balaban J connectivity index is 2.02. The molecule has 2 unspecified atom stereocenters. The van der Waals surface area contributed by atoms with Crippen LogP contribution in [0.15, 0.2) is 18.2 Å². The summed E-state index contributed by atoms with van der Waals surface area (Å²) in [5, 5.41) is 0. The van der Waals surface area contributed by atoms with Gasteiger partial charge < -0.3 is 5.73 Å². The highest BCUT2D eigenvalue weighted by molar-refractivity contribution is 5.23. The van der Waals surface area contributed by atoms with E-state index < -0.39 is 0 Å². The maximum Gasteiger partial charge on any atom is 0.126 e. The van der Waals surface area contributed by atoms with Crippen LogP contribution >= 0.6 is 0 Å². The van der Waals surface area contributed by atoms with E-state index in [0.717, 1.165) is 31.6 Å². The minimum absolute atomic E-state index is 0.127. The molecule has 0 radical (unpaired) electrons. The Hall–Kier alpha value is -0.930. The average Bonchev–Trinajstić information content (AvgIpc) is 2.22. The number of piperidine rings is 1. The predicted molar refractivity (Wildman–Crippen MR) is 68.2 cm³/mol. The molecule has 0 spiro atoms. The van der Waals surface area contributed by atoms with Crippen LogP contribution in [-0.4, -0.2) is 24.0 Å². The highest BCUT2D eigenvalue weighted by Gasteiger charge is 2.21. The number of benzene rings is 1. The summed E-state index contributed by atoms with van der Waals surface area (Å²) in [4.78, 5) is 2.37. The zero-order chi connectivity index (χ0) is 12.4. The van der Waals surface area contributed by atoms with Crippen molar-refractivity contribution in [1.82, 2.24) is 4.90 Å². The van der Waals surface area contributed by atoms with Gasteiger partial charge in [-0.25, -0.2) is 4.39 Å². The maximum absolute atomic E-state index is 13.2. The third-order valence-electron chi connectivity index (χ3n) is 3.40. The molecule has 2 rings (SSSR count). The van der Waals surface area contributed by atoms with Gasteiger partial charge in [0, 0.05) is 25.7 Å². The second kappa shape index (κ2) is 5.15. The molecule has 1 saturated heterocycles. The molecular formula is C14H21FN2. The SMILES string of the molecule is Cc1cc(CN2CC(C)CC(N)C2)ccc1F. The van der Waals surface area contributed by atoms with Gasteiger partial charge >= 0.3 is 0 Å². The van der Waals surface area contributed by atoms with Crippen LogP contribution in [0.1, 0.15) is 24.5 Å². The molecule has 1 aromatic rings. The first-order valence-electron chi connectivity index (χ1n) is 6.27. The van der Waals surface area contributed by atoms with Crippen LogP contribution in [0, 0.1) is 18.7 Å². The van der Waals surface area contributed by atoms with Crippen LogP contribution in [0.5, 0.6) is 0 Å². The number of likely N-dealkylation sites (tertiary alicyclic amines) is 1. The van der Waals surface area contributed by atoms with Gasteiger partial charge in [-0.05, 0) is 36.5 Å². The molecule has 2 atom stereocenters. The van der Waals surface area contributed by atoms with Crippen LogP contribution < -0.4 is 5.73 Å². The van der Waals surface area contributed by atoms with Gasteiger partial charge in [0.05, 0.1) is 0 Å². The normalized spacial score (nSPS) is 26.1. The summed E-state index contributed by atoms with van der Waals surface area (Å²) in [6.45, 7) is 6.95. The number of nitrogens with zero attached hydrogens (tertiary/aromatic N) is 1. The van der Waals surface area contributed by atoms with Crippen LogP contribution in [0.3, 0.4) is 0 Å². The van der Waals surface area contributed by atoms with Gasteiger partial charge in [0.15, 0.2) is 0 Å². The van der Waals surface area contributed by atoms with E-state index >= 15 is 0 Å². The van der Waals surface area contributed by atoms with E-state index in [4.69, 9.17) is 5.73 Å². The fourth-order valence-electron chi connectivity index (χ4n) is 2.71. The molecule has 0 aromatic heterocycles. The molecule has 0 aliphatic carbocycles. The van der Waals surface area contributed by atoms with Crippen LogP contribution in [-0.2, 0) is 6.54 Å². The van der Waals surface area contributed by atoms with Crippen molar-refractivity contribution in [2.75, 3.05) is 13.1 Å². The molecule has 0 amide bonds. The molecule has 0 bridgehead atoms. The van der Waals surface area contributed by atoms with Crippen LogP contribution in [0.2, 0.25) is 0 Å². The Morgan fingerprint density at radius 3 is 2.82 bits per heavy atom. The summed E-state index contributed by atoms with van der Waals surface area (Å²) in [6, 6.07) is 5.63. The Morgan fingerprint density at radius 2 is 2.18 bits per heavy atom. The first-order valence-corrected chi connectivity index (χ1v) is 6.27. The Labute approximate surface area is 103 Å². The quantitative estimate of drug-likeness (QED) is 0.853. The third kappa shape index (κ3) is 3.27. The number of halogens is 1. The monoisotopic (exact) mass is 236 g/mol. The standard InChI is InChI=1S/C14H21FN2/c1-10-5-13(16)9-17(7-10)8-12-3-4-14(15)11(2)6-12/h3-4,6,10,13H,5,7-9,16H2,1-2H3. The molecule has 1 fully saturated rings. The smallest absolute Gasteiger partial charge is 0.126 e. The molecular weight excluding hydrogens is 215 g/mol. The minimum Gasteiger partial charge on any atom is -0.327 e. The van der Waals surface area contributed by atoms with E-state index in [0.29, 0.717) is 5.92 Å². The highest BCUT2D eigenvalue weighted by atomic mass is 19.1. The number of nitrogens with two attached hydrogens (primary N) is 1. The van der Waals surface area contributed by atoms with Crippen molar-refractivity contribution >= 4 is 0 Å². The van der Waals surface area contributed by atoms with Crippen LogP contribution in [0.4, 0.5) is 4.39 Å². The fourth-order valence-corrected chi connectivity index (χ4v) is 2.71. The van der Waals surface area contributed by atoms with E-state index in [-0.39, 0.29) is 11.9 Å². The number of rotatable bonds is 2. The Morgan fingerprint density at radius 1 is 1.41 bits per heavy atom. The predicted octanol–water partition coefficient (Wildman–Crippen LogP) is 2.30. The molecule has 2 N–H and O–H groups in total. The second-order valence-corrected chi connectivity index (χ2v) is 5.38. The lowest BCUT2D eigenvalue weighted by Crippen LogP contribution is -2.45. The van der Waals surface area contributed by atoms with E-state index in [2.05, 4.69) is 11.8 Å². The van der Waals surface area contributed by atoms with Crippen molar-refractivity contribution in [3.63, 3.8) is 0 Å². The molecule has 1 aliphatic heterocycles. The van der Waals surface area contributed by atoms with E-state index in [1.807, 2.05) is 19.1 Å². The van der Waals surface area contributed by atoms with Gasteiger partial charge in [-0.3, -0.25) is 4.90 Å². The maximum atomic E-state index is 13.2. The first kappa shape index (κ1) is 12.5. The van der Waals surface area contributed by atoms with Gasteiger partial charge in [-0.15, -0.1) is 0 Å².